The van der Waals surface area contributed by atoms with Crippen molar-refractivity contribution in [3.63, 3.8) is 0 Å². The van der Waals surface area contributed by atoms with Crippen molar-refractivity contribution in [1.82, 2.24) is 0 Å². The molecule has 0 radical (unpaired) electrons. The molecule has 0 aliphatic rings. The van der Waals surface area contributed by atoms with Gasteiger partial charge in [0.15, 0.2) is 0 Å². The minimum Gasteiger partial charge on any atom is -0.366 e. The molecule has 0 heterocycles. The summed E-state index contributed by atoms with van der Waals surface area (Å²) in [6.45, 7) is 0. The molecule has 0 aliphatic carbocycles. The Kier molecular flexibility index (Phi) is 2.94. The lowest BCUT2D eigenvalue weighted by Gasteiger charge is -2.01. The molecule has 0 saturated carbocycles. The van der Waals surface area contributed by atoms with Crippen molar-refractivity contribution in [3.8, 4) is 12.3 Å². The Hall–Kier alpha value is -1.46. The molecule has 0 bridgehead atoms. The maximum absolute atomic E-state index is 10.8. The minimum atomic E-state index is -0.477. The van der Waals surface area contributed by atoms with Gasteiger partial charge in [0.1, 0.15) is 0 Å². The van der Waals surface area contributed by atoms with Crippen molar-refractivity contribution in [1.29, 1.82) is 0 Å². The van der Waals surface area contributed by atoms with Gasteiger partial charge in [0.05, 0.1) is 0 Å². The van der Waals surface area contributed by atoms with E-state index in [1.54, 1.807) is 18.2 Å². The molecule has 66 valence electrons. The van der Waals surface area contributed by atoms with Crippen LogP contribution < -0.4 is 5.73 Å². The van der Waals surface area contributed by atoms with Crippen LogP contribution in [-0.2, 0) is 6.42 Å². The maximum Gasteiger partial charge on any atom is 0.248 e. The Morgan fingerprint density at radius 1 is 1.62 bits per heavy atom. The highest BCUT2D eigenvalue weighted by Crippen LogP contribution is 2.17. The Morgan fingerprint density at radius 2 is 2.31 bits per heavy atom. The van der Waals surface area contributed by atoms with Crippen LogP contribution in [0.4, 0.5) is 0 Å². The molecule has 13 heavy (non-hydrogen) atoms. The number of carbonyl (C=O) groups excluding carboxylic acids is 1. The maximum atomic E-state index is 10.8. The lowest BCUT2D eigenvalue weighted by Crippen LogP contribution is -2.11. The van der Waals surface area contributed by atoms with Gasteiger partial charge in [-0.3, -0.25) is 4.79 Å². The van der Waals surface area contributed by atoms with Gasteiger partial charge in [-0.2, -0.15) is 0 Å². The number of halogens is 1. The predicted molar refractivity (Wildman–Crippen MR) is 52.5 cm³/mol. The highest BCUT2D eigenvalue weighted by atomic mass is 35.5. The number of nitrogens with two attached hydrogens (primary N) is 1. The topological polar surface area (TPSA) is 43.1 Å². The molecule has 0 unspecified atom stereocenters. The molecule has 3 heteroatoms. The molecule has 0 atom stereocenters. The molecule has 1 aromatic rings. The van der Waals surface area contributed by atoms with E-state index in [2.05, 4.69) is 5.92 Å². The van der Waals surface area contributed by atoms with Gasteiger partial charge in [-0.05, 0) is 23.8 Å². The zero-order chi connectivity index (χ0) is 9.84. The molecular weight excluding hydrogens is 186 g/mol. The molecule has 0 saturated heterocycles. The van der Waals surface area contributed by atoms with Gasteiger partial charge in [-0.1, -0.05) is 11.6 Å². The minimum absolute atomic E-state index is 0.403. The molecule has 2 N–H and O–H groups in total. The number of hydrogen-bond acceptors (Lipinski definition) is 1. The SMILES string of the molecule is C#CCc1cc(C(N)=O)ccc1Cl. The van der Waals surface area contributed by atoms with Crippen molar-refractivity contribution >= 4 is 17.5 Å². The summed E-state index contributed by atoms with van der Waals surface area (Å²) in [6, 6.07) is 4.81. The Morgan fingerprint density at radius 3 is 2.85 bits per heavy atom. The van der Waals surface area contributed by atoms with Crippen molar-refractivity contribution in [2.75, 3.05) is 0 Å². The summed E-state index contributed by atoms with van der Waals surface area (Å²) in [5, 5.41) is 0.558. The fourth-order valence-electron chi connectivity index (χ4n) is 0.973. The molecule has 1 amide bonds. The van der Waals surface area contributed by atoms with Crippen LogP contribution in [0.2, 0.25) is 5.02 Å². The van der Waals surface area contributed by atoms with Crippen LogP contribution in [-0.4, -0.2) is 5.91 Å². The first kappa shape index (κ1) is 9.63. The van der Waals surface area contributed by atoms with E-state index in [0.29, 0.717) is 17.0 Å². The third-order valence-corrected chi connectivity index (χ3v) is 1.99. The summed E-state index contributed by atoms with van der Waals surface area (Å²) in [6.07, 6.45) is 5.53. The third kappa shape index (κ3) is 2.24. The quantitative estimate of drug-likeness (QED) is 0.713. The van der Waals surface area contributed by atoms with Crippen molar-refractivity contribution in [2.45, 2.75) is 6.42 Å². The highest BCUT2D eigenvalue weighted by Gasteiger charge is 2.04. The first-order chi connectivity index (χ1) is 6.15. The number of benzene rings is 1. The van der Waals surface area contributed by atoms with E-state index in [0.717, 1.165) is 5.56 Å². The van der Waals surface area contributed by atoms with Crippen LogP contribution in [0, 0.1) is 12.3 Å². The molecule has 1 rings (SSSR count). The monoisotopic (exact) mass is 193 g/mol. The first-order valence-corrected chi connectivity index (χ1v) is 4.04. The smallest absolute Gasteiger partial charge is 0.248 e. The van der Waals surface area contributed by atoms with Gasteiger partial charge >= 0.3 is 0 Å². The molecular formula is C10H8ClNO. The summed E-state index contributed by atoms with van der Waals surface area (Å²) >= 11 is 5.83. The molecule has 0 fully saturated rings. The first-order valence-electron chi connectivity index (χ1n) is 3.67. The molecule has 0 aromatic heterocycles. The van der Waals surface area contributed by atoms with Crippen LogP contribution in [0.15, 0.2) is 18.2 Å². The van der Waals surface area contributed by atoms with Crippen LogP contribution in [0.5, 0.6) is 0 Å². The number of primary amides is 1. The summed E-state index contributed by atoms with van der Waals surface area (Å²) in [5.74, 6) is 1.98. The van der Waals surface area contributed by atoms with Crippen molar-refractivity contribution < 1.29 is 4.79 Å². The molecule has 0 spiro atoms. The fourth-order valence-corrected chi connectivity index (χ4v) is 1.16. The van der Waals surface area contributed by atoms with Crippen LogP contribution in [0.25, 0.3) is 0 Å². The summed E-state index contributed by atoms with van der Waals surface area (Å²) < 4.78 is 0. The number of terminal acetylenes is 1. The van der Waals surface area contributed by atoms with Gasteiger partial charge in [-0.15, -0.1) is 12.3 Å². The average molecular weight is 194 g/mol. The van der Waals surface area contributed by atoms with Gasteiger partial charge in [-0.25, -0.2) is 0 Å². The van der Waals surface area contributed by atoms with E-state index in [1.165, 1.54) is 0 Å². The molecule has 2 nitrogen and oxygen atoms in total. The van der Waals surface area contributed by atoms with E-state index in [-0.39, 0.29) is 0 Å². The number of amides is 1. The number of rotatable bonds is 2. The fraction of sp³-hybridized carbons (Fsp3) is 0.100. The van der Waals surface area contributed by atoms with Crippen molar-refractivity contribution in [3.05, 3.63) is 34.3 Å². The van der Waals surface area contributed by atoms with Crippen LogP contribution in [0.3, 0.4) is 0 Å². The molecule has 1 aromatic carbocycles. The van der Waals surface area contributed by atoms with E-state index in [4.69, 9.17) is 23.8 Å². The average Bonchev–Trinajstić information content (AvgIpc) is 2.08. The zero-order valence-electron chi connectivity index (χ0n) is 6.88. The van der Waals surface area contributed by atoms with Gasteiger partial charge < -0.3 is 5.73 Å². The van der Waals surface area contributed by atoms with E-state index in [9.17, 15) is 4.79 Å². The predicted octanol–water partition coefficient (Wildman–Crippen LogP) is 1.61. The Labute approximate surface area is 81.7 Å². The largest absolute Gasteiger partial charge is 0.366 e. The number of hydrogen-bond donors (Lipinski definition) is 1. The van der Waals surface area contributed by atoms with Gasteiger partial charge in [0.25, 0.3) is 0 Å². The second-order valence-electron chi connectivity index (χ2n) is 2.55. The Balaban J connectivity index is 3.12. The normalized spacial score (nSPS) is 9.23. The summed E-state index contributed by atoms with van der Waals surface area (Å²) in [4.78, 5) is 10.8. The standard InChI is InChI=1S/C10H8ClNO/c1-2-3-7-6-8(10(12)13)4-5-9(7)11/h1,4-6H,3H2,(H2,12,13). The van der Waals surface area contributed by atoms with Gasteiger partial charge in [0, 0.05) is 17.0 Å². The zero-order valence-corrected chi connectivity index (χ0v) is 7.64. The second kappa shape index (κ2) is 3.97. The van der Waals surface area contributed by atoms with E-state index < -0.39 is 5.91 Å². The highest BCUT2D eigenvalue weighted by molar-refractivity contribution is 6.31. The number of carbonyl (C=O) groups is 1. The summed E-state index contributed by atoms with van der Waals surface area (Å²) in [7, 11) is 0. The molecule has 0 aliphatic heterocycles. The van der Waals surface area contributed by atoms with Crippen LogP contribution in [0.1, 0.15) is 15.9 Å². The Bertz CT molecular complexity index is 379. The van der Waals surface area contributed by atoms with E-state index in [1.807, 2.05) is 0 Å². The van der Waals surface area contributed by atoms with Crippen LogP contribution >= 0.6 is 11.6 Å². The second-order valence-corrected chi connectivity index (χ2v) is 2.96. The lowest BCUT2D eigenvalue weighted by atomic mass is 10.1. The van der Waals surface area contributed by atoms with E-state index >= 15 is 0 Å². The van der Waals surface area contributed by atoms with Gasteiger partial charge in [0.2, 0.25) is 5.91 Å². The summed E-state index contributed by atoms with van der Waals surface area (Å²) in [5.41, 5.74) is 6.27. The lowest BCUT2D eigenvalue weighted by molar-refractivity contribution is 0.1000. The third-order valence-electron chi connectivity index (χ3n) is 1.62. The van der Waals surface area contributed by atoms with Crippen molar-refractivity contribution in [2.24, 2.45) is 5.73 Å².